The van der Waals surface area contributed by atoms with Crippen LogP contribution < -0.4 is 0 Å². The first kappa shape index (κ1) is 26.2. The molecule has 0 radical (unpaired) electrons. The molecule has 0 atom stereocenters. The van der Waals surface area contributed by atoms with Crippen molar-refractivity contribution in [2.75, 3.05) is 0 Å². The lowest BCUT2D eigenvalue weighted by atomic mass is 9.97. The van der Waals surface area contributed by atoms with Gasteiger partial charge >= 0.3 is 0 Å². The molecule has 0 spiro atoms. The van der Waals surface area contributed by atoms with E-state index in [2.05, 4.69) is 166 Å². The van der Waals surface area contributed by atoms with Crippen LogP contribution in [0.15, 0.2) is 156 Å². The summed E-state index contributed by atoms with van der Waals surface area (Å²) in [6, 6.07) is 49.7. The molecule has 0 saturated carbocycles. The lowest BCUT2D eigenvalue weighted by Gasteiger charge is -2.12. The zero-order valence-electron chi connectivity index (χ0n) is 25.2. The van der Waals surface area contributed by atoms with Crippen molar-refractivity contribution >= 4 is 65.7 Å². The second-order valence-corrected chi connectivity index (χ2v) is 12.7. The number of aromatic nitrogens is 4. The molecule has 4 nitrogen and oxygen atoms in total. The summed E-state index contributed by atoms with van der Waals surface area (Å²) in [4.78, 5) is 10.6. The monoisotopic (exact) mass is 618 g/mol. The molecule has 6 aromatic carbocycles. The van der Waals surface area contributed by atoms with E-state index >= 15 is 0 Å². The van der Waals surface area contributed by atoms with Crippen LogP contribution in [-0.2, 0) is 0 Å². The molecule has 5 heteroatoms. The highest BCUT2D eigenvalue weighted by Crippen LogP contribution is 2.39. The number of rotatable bonds is 4. The van der Waals surface area contributed by atoms with Gasteiger partial charge in [-0.3, -0.25) is 4.57 Å². The van der Waals surface area contributed by atoms with E-state index in [4.69, 9.17) is 9.97 Å². The van der Waals surface area contributed by atoms with Gasteiger partial charge in [0.2, 0.25) is 5.95 Å². The molecule has 0 aliphatic heterocycles. The normalized spacial score (nSPS) is 11.8. The summed E-state index contributed by atoms with van der Waals surface area (Å²) in [6.07, 6.45) is 2.16. The Labute approximate surface area is 274 Å². The van der Waals surface area contributed by atoms with Crippen LogP contribution in [0.25, 0.3) is 88.4 Å². The molecule has 0 unspecified atom stereocenters. The SMILES string of the molecule is c1ccc(-n2ccc3c2ccc2c4ccccc4n(-c4nc(-c5ccc(-c6cccc7ccccc67)cc5)c5cscc5n4)c23)cc1. The van der Waals surface area contributed by atoms with Crippen molar-refractivity contribution in [3.63, 3.8) is 0 Å². The number of hydrogen-bond donors (Lipinski definition) is 0. The summed E-state index contributed by atoms with van der Waals surface area (Å²) in [5.41, 5.74) is 9.87. The maximum absolute atomic E-state index is 5.36. The summed E-state index contributed by atoms with van der Waals surface area (Å²) in [6.45, 7) is 0. The Kier molecular flexibility index (Phi) is 5.71. The van der Waals surface area contributed by atoms with E-state index < -0.39 is 0 Å². The fourth-order valence-corrected chi connectivity index (χ4v) is 7.89. The first-order valence-corrected chi connectivity index (χ1v) is 16.7. The van der Waals surface area contributed by atoms with Crippen LogP contribution in [0.3, 0.4) is 0 Å². The van der Waals surface area contributed by atoms with Gasteiger partial charge in [0.15, 0.2) is 0 Å². The predicted octanol–water partition coefficient (Wildman–Crippen LogP) is 11.2. The van der Waals surface area contributed by atoms with Crippen molar-refractivity contribution in [3.8, 4) is 34.0 Å². The molecule has 0 fully saturated rings. The third kappa shape index (κ3) is 4.00. The standard InChI is InChI=1S/C42H26N4S/c1-2-11-30(12-3-1)45-24-23-35-38(45)22-21-34-33-14-6-7-16-39(33)46(41(34)35)42-43-37-26-47-25-36(37)40(44-42)29-19-17-28(18-20-29)32-15-8-10-27-9-4-5-13-31(27)32/h1-26H. The van der Waals surface area contributed by atoms with E-state index in [-0.39, 0.29) is 0 Å². The first-order valence-electron chi connectivity index (χ1n) is 15.7. The highest BCUT2D eigenvalue weighted by molar-refractivity contribution is 7.09. The van der Waals surface area contributed by atoms with Crippen molar-refractivity contribution in [1.29, 1.82) is 0 Å². The Morgan fingerprint density at radius 1 is 0.489 bits per heavy atom. The molecular formula is C42H26N4S. The second kappa shape index (κ2) is 10.2. The van der Waals surface area contributed by atoms with Crippen LogP contribution in [0, 0.1) is 0 Å². The average Bonchev–Trinajstić information content (AvgIpc) is 3.87. The number of thiophene rings is 1. The van der Waals surface area contributed by atoms with E-state index in [1.54, 1.807) is 11.3 Å². The van der Waals surface area contributed by atoms with Crippen LogP contribution in [0.2, 0.25) is 0 Å². The fraction of sp³-hybridized carbons (Fsp3) is 0. The van der Waals surface area contributed by atoms with Gasteiger partial charge in [-0.1, -0.05) is 109 Å². The molecule has 220 valence electrons. The summed E-state index contributed by atoms with van der Waals surface area (Å²) in [5, 5.41) is 11.4. The number of hydrogen-bond acceptors (Lipinski definition) is 3. The lowest BCUT2D eigenvalue weighted by molar-refractivity contribution is 1.02. The topological polar surface area (TPSA) is 35.6 Å². The largest absolute Gasteiger partial charge is 0.316 e. The summed E-state index contributed by atoms with van der Waals surface area (Å²) < 4.78 is 4.51. The molecular weight excluding hydrogens is 593 g/mol. The Morgan fingerprint density at radius 3 is 2.15 bits per heavy atom. The van der Waals surface area contributed by atoms with E-state index in [1.165, 1.54) is 32.7 Å². The number of benzene rings is 6. The van der Waals surface area contributed by atoms with Gasteiger partial charge in [0, 0.05) is 49.8 Å². The molecule has 0 saturated heterocycles. The lowest BCUT2D eigenvalue weighted by Crippen LogP contribution is -2.03. The molecule has 0 N–H and O–H groups in total. The molecule has 10 aromatic rings. The predicted molar refractivity (Wildman–Crippen MR) is 197 cm³/mol. The van der Waals surface area contributed by atoms with Crippen LogP contribution in [0.1, 0.15) is 0 Å². The third-order valence-electron chi connectivity index (χ3n) is 9.32. The van der Waals surface area contributed by atoms with Gasteiger partial charge in [-0.15, -0.1) is 11.3 Å². The number of fused-ring (bicyclic) bond motifs is 7. The number of para-hydroxylation sites is 2. The van der Waals surface area contributed by atoms with E-state index in [1.807, 2.05) is 0 Å². The van der Waals surface area contributed by atoms with Crippen LogP contribution in [0.5, 0.6) is 0 Å². The molecule has 4 heterocycles. The molecule has 0 amide bonds. The van der Waals surface area contributed by atoms with Crippen molar-refractivity contribution in [2.45, 2.75) is 0 Å². The molecule has 0 bridgehead atoms. The maximum atomic E-state index is 5.36. The number of nitrogens with zero attached hydrogens (tertiary/aromatic N) is 4. The van der Waals surface area contributed by atoms with Gasteiger partial charge in [0.25, 0.3) is 0 Å². The molecule has 4 aromatic heterocycles. The Bertz CT molecular complexity index is 2780. The minimum Gasteiger partial charge on any atom is -0.316 e. The van der Waals surface area contributed by atoms with Crippen LogP contribution >= 0.6 is 11.3 Å². The van der Waals surface area contributed by atoms with Gasteiger partial charge in [-0.05, 0) is 52.2 Å². The van der Waals surface area contributed by atoms with E-state index in [0.29, 0.717) is 5.95 Å². The van der Waals surface area contributed by atoms with Gasteiger partial charge in [0.05, 0.1) is 27.8 Å². The Balaban J connectivity index is 1.19. The average molecular weight is 619 g/mol. The van der Waals surface area contributed by atoms with Crippen LogP contribution in [-0.4, -0.2) is 19.1 Å². The van der Waals surface area contributed by atoms with Crippen LogP contribution in [0.4, 0.5) is 0 Å². The zero-order chi connectivity index (χ0) is 30.9. The Hall–Kier alpha value is -6.04. The van der Waals surface area contributed by atoms with E-state index in [0.717, 1.165) is 49.8 Å². The fourth-order valence-electron chi connectivity index (χ4n) is 7.15. The zero-order valence-corrected chi connectivity index (χ0v) is 26.0. The van der Waals surface area contributed by atoms with E-state index in [9.17, 15) is 0 Å². The van der Waals surface area contributed by atoms with Crippen molar-refractivity contribution in [2.24, 2.45) is 0 Å². The maximum Gasteiger partial charge on any atom is 0.235 e. The van der Waals surface area contributed by atoms with Crippen molar-refractivity contribution in [3.05, 3.63) is 156 Å². The Morgan fingerprint density at radius 2 is 1.26 bits per heavy atom. The van der Waals surface area contributed by atoms with Crippen molar-refractivity contribution in [1.82, 2.24) is 19.1 Å². The summed E-state index contributed by atoms with van der Waals surface area (Å²) >= 11 is 1.66. The molecule has 47 heavy (non-hydrogen) atoms. The highest BCUT2D eigenvalue weighted by Gasteiger charge is 2.20. The van der Waals surface area contributed by atoms with Gasteiger partial charge in [0.1, 0.15) is 0 Å². The van der Waals surface area contributed by atoms with Crippen molar-refractivity contribution < 1.29 is 0 Å². The quantitative estimate of drug-likeness (QED) is 0.197. The molecule has 0 aliphatic carbocycles. The second-order valence-electron chi connectivity index (χ2n) is 11.9. The minimum atomic E-state index is 0.676. The van der Waals surface area contributed by atoms with Gasteiger partial charge in [-0.2, -0.15) is 0 Å². The summed E-state index contributed by atoms with van der Waals surface area (Å²) in [7, 11) is 0. The molecule has 0 aliphatic rings. The first-order chi connectivity index (χ1) is 23.3. The smallest absolute Gasteiger partial charge is 0.235 e. The van der Waals surface area contributed by atoms with Gasteiger partial charge < -0.3 is 4.57 Å². The minimum absolute atomic E-state index is 0.676. The molecule has 10 rings (SSSR count). The van der Waals surface area contributed by atoms with Gasteiger partial charge in [-0.25, -0.2) is 9.97 Å². The highest BCUT2D eigenvalue weighted by atomic mass is 32.1. The third-order valence-corrected chi connectivity index (χ3v) is 10.1. The summed E-state index contributed by atoms with van der Waals surface area (Å²) in [5.74, 6) is 0.676.